The van der Waals surface area contributed by atoms with Crippen LogP contribution in [0.15, 0.2) is 0 Å². The third kappa shape index (κ3) is 4.88. The standard InChI is InChI=1S/C26H45NO5S/c1-17(7-10-23(29)27-14-15-33(30,31)32)19-8-9-20-24-21(11-13-26(19,20)3)25(2)12-5-4-6-18(25)16-22(24)28/h17-22,24,28H,4-16H2,1-3H3,(H,27,29)(H,30,31,32)/t17-,18?,19-,20?,21?,22+,24?,25+,26-/m0/s1. The van der Waals surface area contributed by atoms with E-state index in [0.717, 1.165) is 12.8 Å². The van der Waals surface area contributed by atoms with Crippen LogP contribution >= 0.6 is 0 Å². The fraction of sp³-hybridized carbons (Fsp3) is 0.962. The second kappa shape index (κ2) is 9.42. The Labute approximate surface area is 200 Å². The lowest BCUT2D eigenvalue weighted by atomic mass is 9.44. The van der Waals surface area contributed by atoms with Crippen LogP contribution in [0.3, 0.4) is 0 Å². The van der Waals surface area contributed by atoms with E-state index in [1.807, 2.05) is 0 Å². The first-order valence-electron chi connectivity index (χ1n) is 13.4. The molecule has 0 saturated heterocycles. The summed E-state index contributed by atoms with van der Waals surface area (Å²) in [6.07, 6.45) is 12.2. The van der Waals surface area contributed by atoms with Crippen LogP contribution in [0.1, 0.15) is 91.4 Å². The minimum Gasteiger partial charge on any atom is -0.393 e. The minimum absolute atomic E-state index is 0.0457. The molecular formula is C26H45NO5S. The monoisotopic (exact) mass is 483 g/mol. The van der Waals surface area contributed by atoms with Crippen LogP contribution in [-0.2, 0) is 14.9 Å². The van der Waals surface area contributed by atoms with Gasteiger partial charge in [0.05, 0.1) is 11.9 Å². The maximum Gasteiger partial charge on any atom is 0.266 e. The van der Waals surface area contributed by atoms with Crippen LogP contribution in [0.25, 0.3) is 0 Å². The van der Waals surface area contributed by atoms with Gasteiger partial charge in [-0.05, 0) is 97.7 Å². The smallest absolute Gasteiger partial charge is 0.266 e. The van der Waals surface area contributed by atoms with Crippen molar-refractivity contribution >= 4 is 16.0 Å². The van der Waals surface area contributed by atoms with Crippen molar-refractivity contribution in [2.75, 3.05) is 12.3 Å². The molecule has 0 spiro atoms. The van der Waals surface area contributed by atoms with Gasteiger partial charge >= 0.3 is 0 Å². The molecule has 9 atom stereocenters. The van der Waals surface area contributed by atoms with Crippen LogP contribution in [0.2, 0.25) is 0 Å². The predicted molar refractivity (Wildman–Crippen MR) is 129 cm³/mol. The van der Waals surface area contributed by atoms with E-state index in [1.165, 1.54) is 51.4 Å². The minimum atomic E-state index is -4.05. The van der Waals surface area contributed by atoms with Gasteiger partial charge in [0.2, 0.25) is 5.91 Å². The first kappa shape index (κ1) is 25.4. The summed E-state index contributed by atoms with van der Waals surface area (Å²) in [5.74, 6) is 2.77. The first-order chi connectivity index (χ1) is 15.5. The lowest BCUT2D eigenvalue weighted by molar-refractivity contribution is -0.164. The Bertz CT molecular complexity index is 831. The number of nitrogens with one attached hydrogen (secondary N) is 1. The van der Waals surface area contributed by atoms with E-state index in [-0.39, 0.29) is 24.0 Å². The second-order valence-corrected chi connectivity index (χ2v) is 14.0. The summed E-state index contributed by atoms with van der Waals surface area (Å²) < 4.78 is 30.5. The molecule has 0 aromatic rings. The molecule has 4 saturated carbocycles. The molecule has 0 aliphatic heterocycles. The average molecular weight is 484 g/mol. The summed E-state index contributed by atoms with van der Waals surface area (Å²) in [6.45, 7) is 7.23. The van der Waals surface area contributed by atoms with Gasteiger partial charge in [-0.15, -0.1) is 0 Å². The number of aliphatic hydroxyl groups is 1. The predicted octanol–water partition coefficient (Wildman–Crippen LogP) is 4.43. The highest BCUT2D eigenvalue weighted by molar-refractivity contribution is 7.85. The van der Waals surface area contributed by atoms with Gasteiger partial charge in [-0.1, -0.05) is 33.6 Å². The van der Waals surface area contributed by atoms with Crippen molar-refractivity contribution in [2.24, 2.45) is 46.3 Å². The Morgan fingerprint density at radius 1 is 1.06 bits per heavy atom. The molecule has 33 heavy (non-hydrogen) atoms. The van der Waals surface area contributed by atoms with E-state index in [1.54, 1.807) is 0 Å². The zero-order valence-electron chi connectivity index (χ0n) is 20.8. The first-order valence-corrected chi connectivity index (χ1v) is 15.0. The molecule has 0 radical (unpaired) electrons. The van der Waals surface area contributed by atoms with Crippen molar-refractivity contribution in [3.05, 3.63) is 0 Å². The van der Waals surface area contributed by atoms with Crippen molar-refractivity contribution in [1.29, 1.82) is 0 Å². The highest BCUT2D eigenvalue weighted by Gasteiger charge is 2.62. The zero-order chi connectivity index (χ0) is 24.0. The highest BCUT2D eigenvalue weighted by atomic mass is 32.2. The summed E-state index contributed by atoms with van der Waals surface area (Å²) in [6, 6.07) is 0. The summed E-state index contributed by atoms with van der Waals surface area (Å²) in [5.41, 5.74) is 0.647. The Hall–Kier alpha value is -0.660. The van der Waals surface area contributed by atoms with E-state index < -0.39 is 15.9 Å². The van der Waals surface area contributed by atoms with Gasteiger partial charge in [0.15, 0.2) is 0 Å². The van der Waals surface area contributed by atoms with E-state index >= 15 is 0 Å². The van der Waals surface area contributed by atoms with E-state index in [2.05, 4.69) is 26.1 Å². The highest BCUT2D eigenvalue weighted by Crippen LogP contribution is 2.68. The molecule has 0 heterocycles. The molecule has 4 unspecified atom stereocenters. The summed E-state index contributed by atoms with van der Waals surface area (Å²) in [5, 5.41) is 14.0. The van der Waals surface area contributed by atoms with Crippen molar-refractivity contribution in [3.8, 4) is 0 Å². The molecule has 0 bridgehead atoms. The van der Waals surface area contributed by atoms with E-state index in [9.17, 15) is 18.3 Å². The number of aliphatic hydroxyl groups excluding tert-OH is 1. The van der Waals surface area contributed by atoms with Gasteiger partial charge in [0, 0.05) is 13.0 Å². The van der Waals surface area contributed by atoms with Crippen LogP contribution in [-0.4, -0.2) is 42.4 Å². The molecule has 4 fully saturated rings. The molecule has 4 aliphatic carbocycles. The zero-order valence-corrected chi connectivity index (χ0v) is 21.6. The lowest BCUT2D eigenvalue weighted by Crippen LogP contribution is -2.57. The van der Waals surface area contributed by atoms with Crippen LogP contribution in [0, 0.1) is 46.3 Å². The molecule has 0 aromatic carbocycles. The molecule has 4 rings (SSSR count). The van der Waals surface area contributed by atoms with Crippen molar-refractivity contribution in [3.63, 3.8) is 0 Å². The van der Waals surface area contributed by atoms with Gasteiger partial charge in [-0.3, -0.25) is 9.35 Å². The summed E-state index contributed by atoms with van der Waals surface area (Å²) >= 11 is 0. The molecule has 7 heteroatoms. The van der Waals surface area contributed by atoms with E-state index in [0.29, 0.717) is 47.3 Å². The summed E-state index contributed by atoms with van der Waals surface area (Å²) in [7, 11) is -4.05. The molecular weight excluding hydrogens is 438 g/mol. The Balaban J connectivity index is 1.38. The molecule has 3 N–H and O–H groups in total. The lowest BCUT2D eigenvalue weighted by Gasteiger charge is -2.62. The number of amides is 1. The Kier molecular flexibility index (Phi) is 7.26. The number of carbonyl (C=O) groups is 1. The van der Waals surface area contributed by atoms with Gasteiger partial charge in [0.25, 0.3) is 10.1 Å². The Morgan fingerprint density at radius 3 is 2.52 bits per heavy atom. The molecule has 190 valence electrons. The number of carbonyl (C=O) groups excluding carboxylic acids is 1. The largest absolute Gasteiger partial charge is 0.393 e. The number of hydrogen-bond donors (Lipinski definition) is 3. The summed E-state index contributed by atoms with van der Waals surface area (Å²) in [4.78, 5) is 12.2. The quantitative estimate of drug-likeness (QED) is 0.465. The SMILES string of the molecule is C[C@@H](CCC(=O)NCCS(=O)(=O)O)[C@@H]1CCC2C3C(CC[C@]21C)[C@]1(C)CCCCC1C[C@H]3O. The molecule has 0 aromatic heterocycles. The van der Waals surface area contributed by atoms with Crippen molar-refractivity contribution < 1.29 is 22.9 Å². The number of fused-ring (bicyclic) bond motifs is 5. The van der Waals surface area contributed by atoms with E-state index in [4.69, 9.17) is 4.55 Å². The molecule has 4 aliphatic rings. The maximum absolute atomic E-state index is 12.2. The maximum atomic E-state index is 12.2. The number of rotatable bonds is 7. The second-order valence-electron chi connectivity index (χ2n) is 12.4. The van der Waals surface area contributed by atoms with Gasteiger partial charge in [0.1, 0.15) is 0 Å². The molecule has 1 amide bonds. The topological polar surface area (TPSA) is 104 Å². The third-order valence-corrected chi connectivity index (χ3v) is 11.6. The Morgan fingerprint density at radius 2 is 1.79 bits per heavy atom. The van der Waals surface area contributed by atoms with Gasteiger partial charge < -0.3 is 10.4 Å². The van der Waals surface area contributed by atoms with Crippen molar-refractivity contribution in [2.45, 2.75) is 97.5 Å². The number of hydrogen-bond acceptors (Lipinski definition) is 4. The van der Waals surface area contributed by atoms with Crippen molar-refractivity contribution in [1.82, 2.24) is 5.32 Å². The average Bonchev–Trinajstić information content (AvgIpc) is 3.08. The van der Waals surface area contributed by atoms with Crippen LogP contribution in [0.4, 0.5) is 0 Å². The normalized spacial score (nSPS) is 43.8. The van der Waals surface area contributed by atoms with Gasteiger partial charge in [-0.25, -0.2) is 0 Å². The van der Waals surface area contributed by atoms with Crippen LogP contribution < -0.4 is 5.32 Å². The fourth-order valence-corrected chi connectivity index (χ4v) is 9.56. The third-order valence-electron chi connectivity index (χ3n) is 10.9. The van der Waals surface area contributed by atoms with Crippen LogP contribution in [0.5, 0.6) is 0 Å². The van der Waals surface area contributed by atoms with Gasteiger partial charge in [-0.2, -0.15) is 8.42 Å². The molecule has 6 nitrogen and oxygen atoms in total. The fourth-order valence-electron chi connectivity index (χ4n) is 9.20.